The molecule has 3 heteroatoms. The maximum Gasteiger partial charge on any atom is 0.0525 e. The van der Waals surface area contributed by atoms with Crippen LogP contribution in [0.3, 0.4) is 0 Å². The van der Waals surface area contributed by atoms with Crippen molar-refractivity contribution in [3.05, 3.63) is 0 Å². The highest BCUT2D eigenvalue weighted by Crippen LogP contribution is 2.27. The minimum atomic E-state index is 0.285. The molecule has 2 saturated heterocycles. The number of hydrogen-bond donors (Lipinski definition) is 1. The Labute approximate surface area is 112 Å². The molecule has 1 atom stereocenters. The number of rotatable bonds is 5. The number of methoxy groups -OCH3 is 1. The summed E-state index contributed by atoms with van der Waals surface area (Å²) >= 11 is 0. The summed E-state index contributed by atoms with van der Waals surface area (Å²) in [7, 11) is 1.81. The summed E-state index contributed by atoms with van der Waals surface area (Å²) in [5.41, 5.74) is 0.285. The van der Waals surface area contributed by atoms with Crippen LogP contribution >= 0.6 is 0 Å². The molecule has 0 aliphatic carbocycles. The Morgan fingerprint density at radius 2 is 1.94 bits per heavy atom. The molecule has 2 aliphatic rings. The predicted molar refractivity (Wildman–Crippen MR) is 75.8 cm³/mol. The van der Waals surface area contributed by atoms with Crippen LogP contribution in [-0.4, -0.2) is 50.8 Å². The maximum atomic E-state index is 5.31. The zero-order chi connectivity index (χ0) is 13.0. The summed E-state index contributed by atoms with van der Waals surface area (Å²) in [6.07, 6.45) is 5.53. The monoisotopic (exact) mass is 254 g/mol. The molecule has 18 heavy (non-hydrogen) atoms. The normalized spacial score (nSPS) is 27.8. The van der Waals surface area contributed by atoms with Gasteiger partial charge in [-0.25, -0.2) is 0 Å². The summed E-state index contributed by atoms with van der Waals surface area (Å²) in [5.74, 6) is 0.925. The van der Waals surface area contributed by atoms with Crippen molar-refractivity contribution in [2.24, 2.45) is 11.3 Å². The van der Waals surface area contributed by atoms with Gasteiger partial charge < -0.3 is 15.0 Å². The van der Waals surface area contributed by atoms with Gasteiger partial charge in [-0.1, -0.05) is 13.8 Å². The quantitative estimate of drug-likeness (QED) is 0.813. The van der Waals surface area contributed by atoms with Gasteiger partial charge in [-0.2, -0.15) is 0 Å². The molecule has 2 fully saturated rings. The fourth-order valence-corrected chi connectivity index (χ4v) is 3.67. The number of ether oxygens (including phenoxy) is 1. The van der Waals surface area contributed by atoms with Crippen molar-refractivity contribution in [1.29, 1.82) is 0 Å². The zero-order valence-electron chi connectivity index (χ0n) is 12.4. The van der Waals surface area contributed by atoms with E-state index in [0.717, 1.165) is 18.6 Å². The largest absolute Gasteiger partial charge is 0.384 e. The fraction of sp³-hybridized carbons (Fsp3) is 1.00. The molecule has 2 aliphatic heterocycles. The van der Waals surface area contributed by atoms with E-state index in [2.05, 4.69) is 24.1 Å². The summed E-state index contributed by atoms with van der Waals surface area (Å²) in [6, 6.07) is 0.819. The molecular weight excluding hydrogens is 224 g/mol. The van der Waals surface area contributed by atoms with E-state index in [1.165, 1.54) is 51.9 Å². The minimum Gasteiger partial charge on any atom is -0.384 e. The second kappa shape index (κ2) is 6.36. The molecule has 0 aromatic heterocycles. The van der Waals surface area contributed by atoms with Crippen molar-refractivity contribution in [1.82, 2.24) is 10.2 Å². The number of piperidine rings is 1. The third-order valence-electron chi connectivity index (χ3n) is 4.49. The Kier molecular flexibility index (Phi) is 5.05. The lowest BCUT2D eigenvalue weighted by Gasteiger charge is -2.38. The van der Waals surface area contributed by atoms with Crippen LogP contribution in [0.15, 0.2) is 0 Å². The standard InChI is InChI=1S/C15H30N2O/c1-15(2,12-18-3)11-17-9-6-13(7-10-17)14-5-4-8-16-14/h13-14,16H,4-12H2,1-3H3. The lowest BCUT2D eigenvalue weighted by Crippen LogP contribution is -2.44. The Morgan fingerprint density at radius 3 is 2.50 bits per heavy atom. The van der Waals surface area contributed by atoms with Gasteiger partial charge in [0.1, 0.15) is 0 Å². The van der Waals surface area contributed by atoms with Crippen molar-refractivity contribution in [3.8, 4) is 0 Å². The van der Waals surface area contributed by atoms with E-state index >= 15 is 0 Å². The SMILES string of the molecule is COCC(C)(C)CN1CCC(C2CCCN2)CC1. The Balaban J connectivity index is 1.72. The van der Waals surface area contributed by atoms with Crippen molar-refractivity contribution < 1.29 is 4.74 Å². The zero-order valence-corrected chi connectivity index (χ0v) is 12.4. The molecule has 3 nitrogen and oxygen atoms in total. The molecule has 0 amide bonds. The number of nitrogens with one attached hydrogen (secondary N) is 1. The third kappa shape index (κ3) is 3.94. The van der Waals surface area contributed by atoms with E-state index in [1.54, 1.807) is 7.11 Å². The van der Waals surface area contributed by atoms with Crippen LogP contribution in [0.2, 0.25) is 0 Å². The Morgan fingerprint density at radius 1 is 1.22 bits per heavy atom. The Bertz CT molecular complexity index is 241. The van der Waals surface area contributed by atoms with Crippen molar-refractivity contribution in [2.45, 2.75) is 45.6 Å². The fourth-order valence-electron chi connectivity index (χ4n) is 3.67. The van der Waals surface area contributed by atoms with E-state index in [-0.39, 0.29) is 5.41 Å². The first kappa shape index (κ1) is 14.3. The summed E-state index contributed by atoms with van der Waals surface area (Å²) in [4.78, 5) is 2.63. The van der Waals surface area contributed by atoms with Crippen LogP contribution in [0.5, 0.6) is 0 Å². The highest BCUT2D eigenvalue weighted by atomic mass is 16.5. The van der Waals surface area contributed by atoms with Gasteiger partial charge in [-0.15, -0.1) is 0 Å². The minimum absolute atomic E-state index is 0.285. The van der Waals surface area contributed by atoms with Crippen molar-refractivity contribution >= 4 is 0 Å². The van der Waals surface area contributed by atoms with Gasteiger partial charge in [-0.3, -0.25) is 0 Å². The van der Waals surface area contributed by atoms with E-state index < -0.39 is 0 Å². The molecule has 0 radical (unpaired) electrons. The lowest BCUT2D eigenvalue weighted by atomic mass is 9.87. The molecule has 2 rings (SSSR count). The van der Waals surface area contributed by atoms with Crippen LogP contribution in [-0.2, 0) is 4.74 Å². The maximum absolute atomic E-state index is 5.31. The highest BCUT2D eigenvalue weighted by molar-refractivity contribution is 4.86. The second-order valence-electron chi connectivity index (χ2n) is 6.91. The molecule has 0 aromatic carbocycles. The number of nitrogens with zero attached hydrogens (tertiary/aromatic N) is 1. The number of hydrogen-bond acceptors (Lipinski definition) is 3. The van der Waals surface area contributed by atoms with Crippen LogP contribution < -0.4 is 5.32 Å². The molecule has 1 N–H and O–H groups in total. The van der Waals surface area contributed by atoms with Gasteiger partial charge in [-0.05, 0) is 51.2 Å². The highest BCUT2D eigenvalue weighted by Gasteiger charge is 2.30. The summed E-state index contributed by atoms with van der Waals surface area (Å²) in [5, 5.41) is 3.67. The van der Waals surface area contributed by atoms with E-state index in [0.29, 0.717) is 0 Å². The van der Waals surface area contributed by atoms with Crippen molar-refractivity contribution in [3.63, 3.8) is 0 Å². The smallest absolute Gasteiger partial charge is 0.0525 e. The molecule has 106 valence electrons. The number of likely N-dealkylation sites (tertiary alicyclic amines) is 1. The van der Waals surface area contributed by atoms with E-state index in [4.69, 9.17) is 4.74 Å². The summed E-state index contributed by atoms with van der Waals surface area (Å²) < 4.78 is 5.31. The van der Waals surface area contributed by atoms with E-state index in [9.17, 15) is 0 Å². The lowest BCUT2D eigenvalue weighted by molar-refractivity contribution is 0.0539. The third-order valence-corrected chi connectivity index (χ3v) is 4.49. The van der Waals surface area contributed by atoms with Gasteiger partial charge in [0.2, 0.25) is 0 Å². The molecule has 0 spiro atoms. The molecule has 1 unspecified atom stereocenters. The molecular formula is C15H30N2O. The summed E-state index contributed by atoms with van der Waals surface area (Å²) in [6.45, 7) is 10.4. The topological polar surface area (TPSA) is 24.5 Å². The van der Waals surface area contributed by atoms with Gasteiger partial charge in [0.05, 0.1) is 6.61 Å². The van der Waals surface area contributed by atoms with E-state index in [1.807, 2.05) is 0 Å². The second-order valence-corrected chi connectivity index (χ2v) is 6.91. The average molecular weight is 254 g/mol. The van der Waals surface area contributed by atoms with Gasteiger partial charge in [0.25, 0.3) is 0 Å². The molecule has 2 heterocycles. The first-order valence-electron chi connectivity index (χ1n) is 7.55. The van der Waals surface area contributed by atoms with Gasteiger partial charge >= 0.3 is 0 Å². The van der Waals surface area contributed by atoms with Crippen molar-refractivity contribution in [2.75, 3.05) is 39.9 Å². The van der Waals surface area contributed by atoms with Gasteiger partial charge in [0.15, 0.2) is 0 Å². The average Bonchev–Trinajstić information content (AvgIpc) is 2.82. The predicted octanol–water partition coefficient (Wildman–Crippen LogP) is 2.12. The molecule has 0 aromatic rings. The van der Waals surface area contributed by atoms with Crippen LogP contribution in [0.1, 0.15) is 39.5 Å². The van der Waals surface area contributed by atoms with Crippen LogP contribution in [0, 0.1) is 11.3 Å². The van der Waals surface area contributed by atoms with Gasteiger partial charge in [0, 0.05) is 25.1 Å². The molecule has 0 bridgehead atoms. The van der Waals surface area contributed by atoms with Crippen LogP contribution in [0.25, 0.3) is 0 Å². The van der Waals surface area contributed by atoms with Crippen LogP contribution in [0.4, 0.5) is 0 Å². The Hall–Kier alpha value is -0.120. The first-order chi connectivity index (χ1) is 8.61. The first-order valence-corrected chi connectivity index (χ1v) is 7.55. The molecule has 0 saturated carbocycles.